The molecule has 3 amide bonds. The molecule has 2 aromatic carbocycles. The summed E-state index contributed by atoms with van der Waals surface area (Å²) >= 11 is 1.46. The van der Waals surface area contributed by atoms with Crippen molar-refractivity contribution in [3.8, 4) is 22.9 Å². The van der Waals surface area contributed by atoms with Crippen molar-refractivity contribution in [2.45, 2.75) is 56.8 Å². The van der Waals surface area contributed by atoms with Crippen molar-refractivity contribution in [3.05, 3.63) is 72.6 Å². The first kappa shape index (κ1) is 43.9. The molecule has 0 bridgehead atoms. The summed E-state index contributed by atoms with van der Waals surface area (Å²) in [6.07, 6.45) is 1.06. The molecule has 4 aromatic rings. The first-order valence-corrected chi connectivity index (χ1v) is 21.4. The number of ether oxygens (including phenoxy) is 4. The van der Waals surface area contributed by atoms with Crippen LogP contribution >= 0.6 is 11.3 Å². The van der Waals surface area contributed by atoms with E-state index in [2.05, 4.69) is 22.5 Å². The SMILES string of the molecule is C=C[C@@H]1C[C@]1(NC(=O)[C@@H]1C[C@@H](Oc2cc(-c3csc(NC(C)C)n3)nc3cc(OC)ccc23)CN1)C(=O)NS(=O)(=O)N(C(=O)COCCOCCC(=O)O)c1ccccc1. The van der Waals surface area contributed by atoms with E-state index < -0.39 is 64.1 Å². The number of amides is 3. The van der Waals surface area contributed by atoms with Crippen LogP contribution < -0.4 is 34.5 Å². The van der Waals surface area contributed by atoms with Crippen LogP contribution in [0.2, 0.25) is 0 Å². The molecule has 0 spiro atoms. The highest BCUT2D eigenvalue weighted by Gasteiger charge is 2.61. The molecule has 2 aliphatic rings. The maximum Gasteiger partial charge on any atom is 0.332 e. The summed E-state index contributed by atoms with van der Waals surface area (Å²) in [6.45, 7) is 7.17. The Morgan fingerprint density at radius 3 is 2.53 bits per heavy atom. The average molecular weight is 866 g/mol. The molecular formula is C40H47N7O11S2. The smallest absolute Gasteiger partial charge is 0.332 e. The number of para-hydroxylation sites is 1. The summed E-state index contributed by atoms with van der Waals surface area (Å²) in [7, 11) is -3.32. The highest BCUT2D eigenvalue weighted by Crippen LogP contribution is 2.45. The van der Waals surface area contributed by atoms with Crippen LogP contribution in [0.15, 0.2) is 72.6 Å². The Labute approximate surface area is 350 Å². The Morgan fingerprint density at radius 1 is 1.07 bits per heavy atom. The number of thiazole rings is 1. The fourth-order valence-corrected chi connectivity index (χ4v) is 8.66. The molecule has 1 aliphatic carbocycles. The van der Waals surface area contributed by atoms with Gasteiger partial charge in [-0.15, -0.1) is 17.9 Å². The molecule has 20 heteroatoms. The summed E-state index contributed by atoms with van der Waals surface area (Å²) in [4.78, 5) is 61.2. The van der Waals surface area contributed by atoms with E-state index in [1.54, 1.807) is 25.3 Å². The van der Waals surface area contributed by atoms with Crippen molar-refractivity contribution < 1.29 is 51.6 Å². The minimum absolute atomic E-state index is 0.0365. The maximum absolute atomic E-state index is 13.9. The molecule has 4 atom stereocenters. The van der Waals surface area contributed by atoms with Gasteiger partial charge in [0.15, 0.2) is 5.13 Å². The summed E-state index contributed by atoms with van der Waals surface area (Å²) in [6, 6.07) is 14.1. The van der Waals surface area contributed by atoms with Gasteiger partial charge in [0.1, 0.15) is 35.4 Å². The minimum Gasteiger partial charge on any atom is -0.497 e. The average Bonchev–Trinajstić information content (AvgIpc) is 3.45. The third-order valence-electron chi connectivity index (χ3n) is 9.65. The van der Waals surface area contributed by atoms with Crippen molar-refractivity contribution in [3.63, 3.8) is 0 Å². The number of hydrogen-bond donors (Lipinski definition) is 5. The molecule has 3 heterocycles. The number of rotatable bonds is 21. The lowest BCUT2D eigenvalue weighted by molar-refractivity contribution is -0.138. The molecule has 320 valence electrons. The van der Waals surface area contributed by atoms with Crippen LogP contribution in [0.4, 0.5) is 10.8 Å². The Balaban J connectivity index is 1.12. The van der Waals surface area contributed by atoms with Gasteiger partial charge in [0.2, 0.25) is 5.91 Å². The van der Waals surface area contributed by atoms with Gasteiger partial charge in [0, 0.05) is 47.8 Å². The van der Waals surface area contributed by atoms with Gasteiger partial charge in [-0.05, 0) is 44.5 Å². The van der Waals surface area contributed by atoms with Gasteiger partial charge in [-0.25, -0.2) is 14.7 Å². The van der Waals surface area contributed by atoms with Gasteiger partial charge >= 0.3 is 16.2 Å². The first-order chi connectivity index (χ1) is 28.7. The number of anilines is 2. The molecule has 1 saturated carbocycles. The Bertz CT molecular complexity index is 2330. The van der Waals surface area contributed by atoms with Gasteiger partial charge in [-0.1, -0.05) is 24.3 Å². The number of carboxylic acid groups (broad SMARTS) is 1. The number of aromatic nitrogens is 2. The zero-order valence-corrected chi connectivity index (χ0v) is 34.8. The second-order valence-corrected chi connectivity index (χ2v) is 16.8. The third-order valence-corrected chi connectivity index (χ3v) is 11.8. The number of carboxylic acids is 1. The molecule has 1 saturated heterocycles. The number of benzene rings is 2. The zero-order valence-electron chi connectivity index (χ0n) is 33.2. The van der Waals surface area contributed by atoms with E-state index in [0.717, 1.165) is 10.5 Å². The quantitative estimate of drug-likeness (QED) is 0.0597. The molecule has 18 nitrogen and oxygen atoms in total. The first-order valence-electron chi connectivity index (χ1n) is 19.1. The number of aliphatic carboxylic acids is 1. The third kappa shape index (κ3) is 10.5. The molecule has 5 N–H and O–H groups in total. The zero-order chi connectivity index (χ0) is 43.0. The van der Waals surface area contributed by atoms with Crippen molar-refractivity contribution >= 4 is 67.0 Å². The number of methoxy groups -OCH3 is 1. The number of fused-ring (bicyclic) bond motifs is 1. The Morgan fingerprint density at radius 2 is 1.83 bits per heavy atom. The van der Waals surface area contributed by atoms with Crippen LogP contribution in [0.1, 0.15) is 33.1 Å². The molecule has 0 radical (unpaired) electrons. The van der Waals surface area contributed by atoms with Crippen molar-refractivity contribution in [2.75, 3.05) is 49.7 Å². The molecule has 2 fully saturated rings. The second-order valence-electron chi connectivity index (χ2n) is 14.4. The van der Waals surface area contributed by atoms with Gasteiger partial charge in [-0.3, -0.25) is 19.2 Å². The molecular weight excluding hydrogens is 819 g/mol. The molecule has 0 unspecified atom stereocenters. The van der Waals surface area contributed by atoms with E-state index in [1.165, 1.54) is 41.7 Å². The lowest BCUT2D eigenvalue weighted by atomic mass is 10.1. The van der Waals surface area contributed by atoms with Gasteiger partial charge < -0.3 is 40.0 Å². The van der Waals surface area contributed by atoms with Crippen LogP contribution in [-0.4, -0.2) is 111 Å². The molecule has 1 aliphatic heterocycles. The largest absolute Gasteiger partial charge is 0.497 e. The topological polar surface area (TPSA) is 237 Å². The highest BCUT2D eigenvalue weighted by atomic mass is 32.2. The van der Waals surface area contributed by atoms with Crippen LogP contribution in [0.25, 0.3) is 22.3 Å². The van der Waals surface area contributed by atoms with Crippen molar-refractivity contribution in [2.24, 2.45) is 5.92 Å². The normalized spacial score (nSPS) is 19.7. The number of nitrogens with zero attached hydrogens (tertiary/aromatic N) is 3. The van der Waals surface area contributed by atoms with E-state index in [9.17, 15) is 27.6 Å². The maximum atomic E-state index is 13.9. The van der Waals surface area contributed by atoms with Crippen molar-refractivity contribution in [1.29, 1.82) is 0 Å². The van der Waals surface area contributed by atoms with Gasteiger partial charge in [-0.2, -0.15) is 12.7 Å². The second kappa shape index (κ2) is 19.1. The van der Waals surface area contributed by atoms with Gasteiger partial charge in [0.05, 0.1) is 56.3 Å². The molecule has 2 aromatic heterocycles. The Hall–Kier alpha value is -5.67. The lowest BCUT2D eigenvalue weighted by Gasteiger charge is -2.25. The predicted molar refractivity (Wildman–Crippen MR) is 223 cm³/mol. The predicted octanol–water partition coefficient (Wildman–Crippen LogP) is 3.26. The van der Waals surface area contributed by atoms with E-state index >= 15 is 0 Å². The number of pyridine rings is 1. The number of hydrogen-bond acceptors (Lipinski definition) is 15. The summed E-state index contributed by atoms with van der Waals surface area (Å²) in [5.74, 6) is -3.11. The summed E-state index contributed by atoms with van der Waals surface area (Å²) in [5.41, 5.74) is 0.152. The van der Waals surface area contributed by atoms with E-state index in [-0.39, 0.29) is 57.4 Å². The standard InChI is InChI=1S/C40H47N7O11S2/c1-5-25-20-40(25,38(52)46-60(53,54)47(26-9-7-6-8-10-26)35(48)22-57-16-15-56-14-13-36(49)50)45-37(51)32-18-28(21-41-32)58-34-19-31(33-23-59-39(44-33)42-24(2)3)43-30-17-27(55-4)11-12-29(30)34/h5-12,17,19,23-25,28,32,41H,1,13-16,18,20-22H2,2-4H3,(H,42,44)(H,45,51)(H,46,52)(H,49,50)/t25-,28-,32+,40-/m1/s1. The molecule has 6 rings (SSSR count). The Kier molecular flexibility index (Phi) is 14.0. The van der Waals surface area contributed by atoms with Crippen LogP contribution in [0.5, 0.6) is 11.5 Å². The van der Waals surface area contributed by atoms with Crippen LogP contribution in [0.3, 0.4) is 0 Å². The fourth-order valence-electron chi connectivity index (χ4n) is 6.58. The van der Waals surface area contributed by atoms with E-state index in [1.807, 2.05) is 36.1 Å². The van der Waals surface area contributed by atoms with E-state index in [0.29, 0.717) is 32.7 Å². The fraction of sp³-hybridized carbons (Fsp3) is 0.400. The highest BCUT2D eigenvalue weighted by molar-refractivity contribution is 7.92. The lowest BCUT2D eigenvalue weighted by Crippen LogP contribution is -2.58. The summed E-state index contributed by atoms with van der Waals surface area (Å²) < 4.78 is 52.4. The number of carbonyl (C=O) groups excluding carboxylic acids is 3. The van der Waals surface area contributed by atoms with E-state index in [4.69, 9.17) is 34.0 Å². The van der Waals surface area contributed by atoms with Gasteiger partial charge in [0.25, 0.3) is 11.8 Å². The monoisotopic (exact) mass is 865 g/mol. The number of nitrogens with one attached hydrogen (secondary N) is 4. The van der Waals surface area contributed by atoms with Crippen LogP contribution in [0, 0.1) is 5.92 Å². The number of carbonyl (C=O) groups is 4. The minimum atomic E-state index is -4.89. The summed E-state index contributed by atoms with van der Waals surface area (Å²) in [5, 5.41) is 21.3. The molecule has 60 heavy (non-hydrogen) atoms. The van der Waals surface area contributed by atoms with Crippen molar-refractivity contribution in [1.82, 2.24) is 25.3 Å². The van der Waals surface area contributed by atoms with Crippen LogP contribution in [-0.2, 0) is 38.9 Å².